The van der Waals surface area contributed by atoms with Gasteiger partial charge in [-0.2, -0.15) is 0 Å². The van der Waals surface area contributed by atoms with Gasteiger partial charge in [0.2, 0.25) is 0 Å². The summed E-state index contributed by atoms with van der Waals surface area (Å²) in [7, 11) is 3.07. The van der Waals surface area contributed by atoms with E-state index in [9.17, 15) is 9.59 Å². The van der Waals surface area contributed by atoms with Crippen LogP contribution in [-0.2, 0) is 22.4 Å². The average molecular weight is 449 g/mol. The third-order valence-electron chi connectivity index (χ3n) is 5.84. The van der Waals surface area contributed by atoms with E-state index in [0.29, 0.717) is 22.7 Å². The minimum atomic E-state index is -0.496. The van der Waals surface area contributed by atoms with Gasteiger partial charge in [0.15, 0.2) is 6.61 Å². The third kappa shape index (κ3) is 5.25. The molecule has 1 aromatic heterocycles. The lowest BCUT2D eigenvalue weighted by molar-refractivity contribution is -0.119. The Kier molecular flexibility index (Phi) is 7.07. The van der Waals surface area contributed by atoms with Gasteiger partial charge in [0, 0.05) is 35.0 Å². The maximum absolute atomic E-state index is 13.2. The standard InChI is InChI=1S/C26H28N2O5/c1-31-18-13-17(14-19(15-18)32-2)27-24(29)16-33-26(30)25-20-9-5-3-4-6-11-22(20)28-23-12-8-7-10-21(23)25/h7-8,10,12-15H,3-6,9,11,16H2,1-2H3,(H,27,29). The lowest BCUT2D eigenvalue weighted by atomic mass is 9.91. The number of hydrogen-bond acceptors (Lipinski definition) is 6. The molecular formula is C26H28N2O5. The maximum Gasteiger partial charge on any atom is 0.339 e. The van der Waals surface area contributed by atoms with E-state index in [-0.39, 0.29) is 0 Å². The molecule has 3 aromatic rings. The van der Waals surface area contributed by atoms with Crippen molar-refractivity contribution < 1.29 is 23.8 Å². The summed E-state index contributed by atoms with van der Waals surface area (Å²) in [5.41, 5.74) is 3.72. The Morgan fingerprint density at radius 1 is 0.939 bits per heavy atom. The SMILES string of the molecule is COc1cc(NC(=O)COC(=O)c2c3c(nc4ccccc24)CCCCCC3)cc(OC)c1. The highest BCUT2D eigenvalue weighted by atomic mass is 16.5. The van der Waals surface area contributed by atoms with Crippen molar-refractivity contribution in [1.82, 2.24) is 4.98 Å². The number of amides is 1. The van der Waals surface area contributed by atoms with E-state index in [0.717, 1.165) is 54.3 Å². The van der Waals surface area contributed by atoms with Crippen molar-refractivity contribution in [3.63, 3.8) is 0 Å². The van der Waals surface area contributed by atoms with E-state index < -0.39 is 18.5 Å². The van der Waals surface area contributed by atoms with Gasteiger partial charge in [0.05, 0.1) is 25.3 Å². The molecule has 0 saturated heterocycles. The fraction of sp³-hybridized carbons (Fsp3) is 0.346. The quantitative estimate of drug-likeness (QED) is 0.550. The first-order valence-electron chi connectivity index (χ1n) is 11.2. The molecule has 2 aromatic carbocycles. The topological polar surface area (TPSA) is 86.8 Å². The van der Waals surface area contributed by atoms with E-state index in [1.807, 2.05) is 24.3 Å². The third-order valence-corrected chi connectivity index (χ3v) is 5.84. The van der Waals surface area contributed by atoms with E-state index >= 15 is 0 Å². The minimum Gasteiger partial charge on any atom is -0.497 e. The molecule has 1 amide bonds. The molecule has 7 nitrogen and oxygen atoms in total. The van der Waals surface area contributed by atoms with Crippen LogP contribution < -0.4 is 14.8 Å². The van der Waals surface area contributed by atoms with Crippen molar-refractivity contribution in [3.05, 3.63) is 59.3 Å². The van der Waals surface area contributed by atoms with Gasteiger partial charge in [-0.05, 0) is 37.3 Å². The fourth-order valence-electron chi connectivity index (χ4n) is 4.24. The molecule has 172 valence electrons. The number of aromatic nitrogens is 1. The van der Waals surface area contributed by atoms with Gasteiger partial charge >= 0.3 is 5.97 Å². The molecule has 0 fully saturated rings. The van der Waals surface area contributed by atoms with Crippen LogP contribution in [0.25, 0.3) is 10.9 Å². The Bertz CT molecular complexity index is 1150. The molecule has 0 aliphatic heterocycles. The predicted octanol–water partition coefficient (Wildman–Crippen LogP) is 4.71. The van der Waals surface area contributed by atoms with Gasteiger partial charge < -0.3 is 19.5 Å². The Morgan fingerprint density at radius 2 is 1.64 bits per heavy atom. The van der Waals surface area contributed by atoms with Crippen LogP contribution in [0.2, 0.25) is 0 Å². The highest BCUT2D eigenvalue weighted by Gasteiger charge is 2.23. The summed E-state index contributed by atoms with van der Waals surface area (Å²) in [6, 6.07) is 12.6. The zero-order valence-corrected chi connectivity index (χ0v) is 19.0. The number of benzene rings is 2. The van der Waals surface area contributed by atoms with Gasteiger partial charge in [0.25, 0.3) is 5.91 Å². The number of esters is 1. The molecule has 0 atom stereocenters. The summed E-state index contributed by atoms with van der Waals surface area (Å²) in [6.45, 7) is -0.399. The number of methoxy groups -OCH3 is 2. The number of carbonyl (C=O) groups excluding carboxylic acids is 2. The number of hydrogen-bond donors (Lipinski definition) is 1. The molecule has 0 bridgehead atoms. The largest absolute Gasteiger partial charge is 0.497 e. The van der Waals surface area contributed by atoms with Crippen molar-refractivity contribution >= 4 is 28.5 Å². The maximum atomic E-state index is 13.2. The van der Waals surface area contributed by atoms with Crippen LogP contribution >= 0.6 is 0 Å². The lowest BCUT2D eigenvalue weighted by Crippen LogP contribution is -2.22. The van der Waals surface area contributed by atoms with E-state index in [1.165, 1.54) is 20.6 Å². The van der Waals surface area contributed by atoms with E-state index in [2.05, 4.69) is 5.32 Å². The second kappa shape index (κ2) is 10.3. The summed E-state index contributed by atoms with van der Waals surface area (Å²) >= 11 is 0. The van der Waals surface area contributed by atoms with Crippen molar-refractivity contribution in [2.45, 2.75) is 38.5 Å². The molecule has 0 radical (unpaired) electrons. The summed E-state index contributed by atoms with van der Waals surface area (Å²) in [5.74, 6) is 0.149. The van der Waals surface area contributed by atoms with Gasteiger partial charge in [-0.3, -0.25) is 9.78 Å². The number of rotatable bonds is 6. The molecule has 1 aliphatic carbocycles. The minimum absolute atomic E-state index is 0.399. The normalized spacial score (nSPS) is 13.4. The number of ether oxygens (including phenoxy) is 3. The van der Waals surface area contributed by atoms with Gasteiger partial charge in [0.1, 0.15) is 11.5 Å². The van der Waals surface area contributed by atoms with Crippen LogP contribution in [0.3, 0.4) is 0 Å². The molecule has 0 spiro atoms. The summed E-state index contributed by atoms with van der Waals surface area (Å²) in [6.07, 6.45) is 5.99. The Morgan fingerprint density at radius 3 is 2.36 bits per heavy atom. The average Bonchev–Trinajstić information content (AvgIpc) is 2.82. The second-order valence-electron chi connectivity index (χ2n) is 8.07. The number of pyridine rings is 1. The highest BCUT2D eigenvalue weighted by Crippen LogP contribution is 2.29. The van der Waals surface area contributed by atoms with Crippen molar-refractivity contribution in [2.24, 2.45) is 0 Å². The molecule has 1 aliphatic rings. The van der Waals surface area contributed by atoms with Crippen LogP contribution in [0.1, 0.15) is 47.3 Å². The lowest BCUT2D eigenvalue weighted by Gasteiger charge is -2.18. The Hall–Kier alpha value is -3.61. The summed E-state index contributed by atoms with van der Waals surface area (Å²) < 4.78 is 15.9. The van der Waals surface area contributed by atoms with E-state index in [1.54, 1.807) is 18.2 Å². The van der Waals surface area contributed by atoms with E-state index in [4.69, 9.17) is 19.2 Å². The highest BCUT2D eigenvalue weighted by molar-refractivity contribution is 6.06. The fourth-order valence-corrected chi connectivity index (χ4v) is 4.24. The van der Waals surface area contributed by atoms with Gasteiger partial charge in [-0.25, -0.2) is 4.79 Å². The number of nitrogens with one attached hydrogen (secondary N) is 1. The zero-order valence-electron chi connectivity index (χ0n) is 19.0. The molecular weight excluding hydrogens is 420 g/mol. The molecule has 7 heteroatoms. The van der Waals surface area contributed by atoms with Crippen molar-refractivity contribution in [2.75, 3.05) is 26.1 Å². The van der Waals surface area contributed by atoms with Crippen molar-refractivity contribution in [1.29, 1.82) is 0 Å². The molecule has 33 heavy (non-hydrogen) atoms. The Labute approximate surface area is 193 Å². The first-order valence-corrected chi connectivity index (χ1v) is 11.2. The summed E-state index contributed by atoms with van der Waals surface area (Å²) in [4.78, 5) is 30.6. The monoisotopic (exact) mass is 448 g/mol. The molecule has 4 rings (SSSR count). The number of nitrogens with zero attached hydrogens (tertiary/aromatic N) is 1. The zero-order chi connectivity index (χ0) is 23.2. The molecule has 1 N–H and O–H groups in total. The van der Waals surface area contributed by atoms with Gasteiger partial charge in [-0.1, -0.05) is 31.0 Å². The first-order chi connectivity index (χ1) is 16.1. The van der Waals surface area contributed by atoms with Crippen LogP contribution in [0.15, 0.2) is 42.5 Å². The number of aryl methyl sites for hydroxylation is 1. The molecule has 0 unspecified atom stereocenters. The number of carbonyl (C=O) groups is 2. The predicted molar refractivity (Wildman–Crippen MR) is 126 cm³/mol. The van der Waals surface area contributed by atoms with Gasteiger partial charge in [-0.15, -0.1) is 0 Å². The molecule has 1 heterocycles. The van der Waals surface area contributed by atoms with Crippen LogP contribution in [0, 0.1) is 0 Å². The smallest absolute Gasteiger partial charge is 0.339 e. The Balaban J connectivity index is 1.54. The second-order valence-corrected chi connectivity index (χ2v) is 8.07. The number of anilines is 1. The number of para-hydroxylation sites is 1. The summed E-state index contributed by atoms with van der Waals surface area (Å²) in [5, 5.41) is 3.49. The van der Waals surface area contributed by atoms with Crippen LogP contribution in [-0.4, -0.2) is 37.7 Å². The number of fused-ring (bicyclic) bond motifs is 2. The molecule has 0 saturated carbocycles. The van der Waals surface area contributed by atoms with Crippen LogP contribution in [0.4, 0.5) is 5.69 Å². The first kappa shape index (κ1) is 22.6. The van der Waals surface area contributed by atoms with Crippen LogP contribution in [0.5, 0.6) is 11.5 Å². The van der Waals surface area contributed by atoms with Crippen molar-refractivity contribution in [3.8, 4) is 11.5 Å².